The van der Waals surface area contributed by atoms with Crippen LogP contribution in [0.2, 0.25) is 0 Å². The zero-order valence-electron chi connectivity index (χ0n) is 5.39. The van der Waals surface area contributed by atoms with Crippen LogP contribution in [0.5, 0.6) is 0 Å². The minimum atomic E-state index is 0.126. The lowest BCUT2D eigenvalue weighted by atomic mass is 10.8. The summed E-state index contributed by atoms with van der Waals surface area (Å²) in [6, 6.07) is 0. The highest BCUT2D eigenvalue weighted by atomic mass is 32.2. The topological polar surface area (TPSA) is 61.9 Å². The smallest absolute Gasteiger partial charge is 0.169 e. The third-order valence-corrected chi connectivity index (χ3v) is 1.48. The van der Waals surface area contributed by atoms with E-state index in [-0.39, 0.29) is 10.3 Å². The fourth-order valence-corrected chi connectivity index (χ4v) is 0.924. The van der Waals surface area contributed by atoms with Crippen LogP contribution in [-0.4, -0.2) is 16.0 Å². The molecule has 0 aliphatic heterocycles. The van der Waals surface area contributed by atoms with Crippen molar-refractivity contribution < 1.29 is 0 Å². The molecular weight excluding hydrogens is 166 g/mol. The monoisotopic (exact) mass is 175 g/mol. The molecule has 0 bridgehead atoms. The molecule has 0 unspecified atom stereocenters. The Kier molecular flexibility index (Phi) is 4.96. The van der Waals surface area contributed by atoms with E-state index in [1.54, 1.807) is 6.08 Å². The summed E-state index contributed by atoms with van der Waals surface area (Å²) in [4.78, 5) is 0. The number of nitrogens with two attached hydrogens (primary N) is 1. The van der Waals surface area contributed by atoms with E-state index in [2.05, 4.69) is 24.1 Å². The molecule has 5 heteroatoms. The summed E-state index contributed by atoms with van der Waals surface area (Å²) >= 11 is 5.80. The fraction of sp³-hybridized carbons (Fsp3) is 0.200. The molecule has 0 atom stereocenters. The van der Waals surface area contributed by atoms with Gasteiger partial charge in [-0.05, 0) is 12.2 Å². The van der Waals surface area contributed by atoms with Gasteiger partial charge in [-0.2, -0.15) is 0 Å². The van der Waals surface area contributed by atoms with Crippen LogP contribution in [0.4, 0.5) is 0 Å². The SMILES string of the molecule is C=CCSC(=N)NC(N)=S. The summed E-state index contributed by atoms with van der Waals surface area (Å²) in [5.74, 6) is 0.689. The van der Waals surface area contributed by atoms with Crippen molar-refractivity contribution in [3.8, 4) is 0 Å². The second-order valence-electron chi connectivity index (χ2n) is 1.42. The predicted octanol–water partition coefficient (Wildman–Crippen LogP) is 0.674. The maximum atomic E-state index is 7.16. The van der Waals surface area contributed by atoms with Crippen molar-refractivity contribution in [3.63, 3.8) is 0 Å². The highest BCUT2D eigenvalue weighted by molar-refractivity contribution is 8.13. The van der Waals surface area contributed by atoms with E-state index >= 15 is 0 Å². The van der Waals surface area contributed by atoms with Gasteiger partial charge < -0.3 is 11.1 Å². The number of thiocarbonyl (C=S) groups is 1. The number of hydrogen-bond acceptors (Lipinski definition) is 3. The Morgan fingerprint density at radius 2 is 2.50 bits per heavy atom. The fourth-order valence-electron chi connectivity index (χ4n) is 0.290. The molecule has 4 N–H and O–H groups in total. The standard InChI is InChI=1S/C5H9N3S2/c1-2-3-10-5(7)8-4(6)9/h2H,1,3H2,(H4,6,7,8,9). The number of amidine groups is 1. The highest BCUT2D eigenvalue weighted by Crippen LogP contribution is 1.98. The Balaban J connectivity index is 3.43. The Morgan fingerprint density at radius 3 is 2.90 bits per heavy atom. The lowest BCUT2D eigenvalue weighted by Gasteiger charge is -2.01. The van der Waals surface area contributed by atoms with Crippen LogP contribution in [0.15, 0.2) is 12.7 Å². The summed E-state index contributed by atoms with van der Waals surface area (Å²) in [7, 11) is 0. The average Bonchev–Trinajstić information content (AvgIpc) is 1.82. The summed E-state index contributed by atoms with van der Waals surface area (Å²) in [6.07, 6.45) is 1.71. The van der Waals surface area contributed by atoms with Gasteiger partial charge in [0, 0.05) is 5.75 Å². The molecule has 0 aliphatic rings. The summed E-state index contributed by atoms with van der Waals surface area (Å²) in [5.41, 5.74) is 5.11. The first-order chi connectivity index (χ1) is 4.66. The molecule has 0 fully saturated rings. The van der Waals surface area contributed by atoms with Crippen molar-refractivity contribution in [3.05, 3.63) is 12.7 Å². The molecule has 0 spiro atoms. The normalized spacial score (nSPS) is 8.40. The van der Waals surface area contributed by atoms with Crippen LogP contribution in [0.25, 0.3) is 0 Å². The molecule has 0 aliphatic carbocycles. The van der Waals surface area contributed by atoms with Gasteiger partial charge in [0.2, 0.25) is 0 Å². The Bertz CT molecular complexity index is 155. The van der Waals surface area contributed by atoms with Crippen LogP contribution >= 0.6 is 24.0 Å². The third-order valence-electron chi connectivity index (χ3n) is 0.582. The van der Waals surface area contributed by atoms with E-state index in [1.807, 2.05) is 0 Å². The second kappa shape index (κ2) is 5.25. The van der Waals surface area contributed by atoms with Crippen molar-refractivity contribution in [1.82, 2.24) is 5.32 Å². The average molecular weight is 175 g/mol. The molecule has 0 aromatic carbocycles. The maximum absolute atomic E-state index is 7.16. The molecule has 10 heavy (non-hydrogen) atoms. The van der Waals surface area contributed by atoms with Crippen molar-refractivity contribution >= 4 is 34.3 Å². The first kappa shape index (κ1) is 9.45. The Morgan fingerprint density at radius 1 is 1.90 bits per heavy atom. The van der Waals surface area contributed by atoms with Crippen molar-refractivity contribution in [2.75, 3.05) is 5.75 Å². The highest BCUT2D eigenvalue weighted by Gasteiger charge is 1.94. The van der Waals surface area contributed by atoms with Crippen molar-refractivity contribution in [2.24, 2.45) is 5.73 Å². The first-order valence-electron chi connectivity index (χ1n) is 2.55. The van der Waals surface area contributed by atoms with Gasteiger partial charge in [0.1, 0.15) is 0 Å². The van der Waals surface area contributed by atoms with Crippen LogP contribution in [0.1, 0.15) is 0 Å². The maximum Gasteiger partial charge on any atom is 0.169 e. The Hall–Kier alpha value is -0.550. The van der Waals surface area contributed by atoms with Gasteiger partial charge in [-0.25, -0.2) is 0 Å². The van der Waals surface area contributed by atoms with Gasteiger partial charge in [-0.15, -0.1) is 6.58 Å². The summed E-state index contributed by atoms with van der Waals surface area (Å²) < 4.78 is 0. The molecule has 3 nitrogen and oxygen atoms in total. The molecule has 0 saturated heterocycles. The molecular formula is C5H9N3S2. The molecule has 0 saturated carbocycles. The van der Waals surface area contributed by atoms with Gasteiger partial charge >= 0.3 is 0 Å². The van der Waals surface area contributed by atoms with E-state index in [0.29, 0.717) is 5.75 Å². The Labute approximate surface area is 69.6 Å². The minimum Gasteiger partial charge on any atom is -0.376 e. The van der Waals surface area contributed by atoms with E-state index in [1.165, 1.54) is 11.8 Å². The van der Waals surface area contributed by atoms with E-state index < -0.39 is 0 Å². The lowest BCUT2D eigenvalue weighted by Crippen LogP contribution is -2.32. The summed E-state index contributed by atoms with van der Waals surface area (Å²) in [6.45, 7) is 3.50. The number of nitrogens with one attached hydrogen (secondary N) is 2. The van der Waals surface area contributed by atoms with Gasteiger partial charge in [0.15, 0.2) is 10.3 Å². The zero-order chi connectivity index (χ0) is 7.98. The molecule has 0 heterocycles. The lowest BCUT2D eigenvalue weighted by molar-refractivity contribution is 1.34. The first-order valence-corrected chi connectivity index (χ1v) is 3.95. The molecule has 0 radical (unpaired) electrons. The largest absolute Gasteiger partial charge is 0.376 e. The molecule has 56 valence electrons. The minimum absolute atomic E-state index is 0.126. The van der Waals surface area contributed by atoms with Crippen molar-refractivity contribution in [2.45, 2.75) is 0 Å². The van der Waals surface area contributed by atoms with E-state index in [4.69, 9.17) is 11.1 Å². The number of rotatable bonds is 2. The second-order valence-corrected chi connectivity index (χ2v) is 2.89. The molecule has 0 rings (SSSR count). The third kappa shape index (κ3) is 5.58. The van der Waals surface area contributed by atoms with Crippen LogP contribution in [0, 0.1) is 5.41 Å². The van der Waals surface area contributed by atoms with Crippen LogP contribution in [-0.2, 0) is 0 Å². The quantitative estimate of drug-likeness (QED) is 0.250. The summed E-state index contributed by atoms with van der Waals surface area (Å²) in [5, 5.41) is 10.0. The number of hydrogen-bond donors (Lipinski definition) is 3. The molecule has 0 aromatic heterocycles. The van der Waals surface area contributed by atoms with Gasteiger partial charge in [0.05, 0.1) is 0 Å². The van der Waals surface area contributed by atoms with Crippen molar-refractivity contribution in [1.29, 1.82) is 5.41 Å². The van der Waals surface area contributed by atoms with E-state index in [9.17, 15) is 0 Å². The van der Waals surface area contributed by atoms with Gasteiger partial charge in [-0.1, -0.05) is 17.8 Å². The number of thioether (sulfide) groups is 1. The van der Waals surface area contributed by atoms with Gasteiger partial charge in [-0.3, -0.25) is 5.41 Å². The molecule has 0 amide bonds. The van der Waals surface area contributed by atoms with E-state index in [0.717, 1.165) is 0 Å². The zero-order valence-corrected chi connectivity index (χ0v) is 7.02. The predicted molar refractivity (Wildman–Crippen MR) is 50.3 cm³/mol. The van der Waals surface area contributed by atoms with Crippen LogP contribution in [0.3, 0.4) is 0 Å². The van der Waals surface area contributed by atoms with Gasteiger partial charge in [0.25, 0.3) is 0 Å². The molecule has 0 aromatic rings. The van der Waals surface area contributed by atoms with Crippen LogP contribution < -0.4 is 11.1 Å².